The van der Waals surface area contributed by atoms with Crippen molar-refractivity contribution in [2.45, 2.75) is 26.9 Å². The van der Waals surface area contributed by atoms with Crippen LogP contribution in [-0.4, -0.2) is 12.0 Å². The third-order valence-corrected chi connectivity index (χ3v) is 3.51. The SMILES string of the molecule is Cc1ccc(C)c(NC(=O)[C@H](C)Oc2ccc(F)cc2Cl)c1. The smallest absolute Gasteiger partial charge is 0.265 e. The highest BCUT2D eigenvalue weighted by molar-refractivity contribution is 6.32. The van der Waals surface area contributed by atoms with Crippen LogP contribution in [-0.2, 0) is 4.79 Å². The van der Waals surface area contributed by atoms with Crippen molar-refractivity contribution in [2.24, 2.45) is 0 Å². The van der Waals surface area contributed by atoms with E-state index in [1.807, 2.05) is 32.0 Å². The average molecular weight is 322 g/mol. The molecule has 0 aliphatic heterocycles. The first-order valence-corrected chi connectivity index (χ1v) is 7.24. The number of rotatable bonds is 4. The van der Waals surface area contributed by atoms with Gasteiger partial charge in [0, 0.05) is 5.69 Å². The second-order valence-corrected chi connectivity index (χ2v) is 5.55. The van der Waals surface area contributed by atoms with Gasteiger partial charge in [0.05, 0.1) is 5.02 Å². The lowest BCUT2D eigenvalue weighted by Gasteiger charge is -2.16. The van der Waals surface area contributed by atoms with Crippen LogP contribution < -0.4 is 10.1 Å². The van der Waals surface area contributed by atoms with Crippen LogP contribution in [0.15, 0.2) is 36.4 Å². The molecule has 0 heterocycles. The molecule has 2 aromatic rings. The van der Waals surface area contributed by atoms with Gasteiger partial charge in [-0.05, 0) is 56.2 Å². The second kappa shape index (κ2) is 6.79. The Morgan fingerprint density at radius 3 is 2.64 bits per heavy atom. The predicted molar refractivity (Wildman–Crippen MR) is 86.0 cm³/mol. The van der Waals surface area contributed by atoms with Crippen LogP contribution in [0.4, 0.5) is 10.1 Å². The summed E-state index contributed by atoms with van der Waals surface area (Å²) in [4.78, 5) is 12.2. The maximum absolute atomic E-state index is 13.0. The van der Waals surface area contributed by atoms with E-state index in [4.69, 9.17) is 16.3 Å². The summed E-state index contributed by atoms with van der Waals surface area (Å²) >= 11 is 5.89. The number of halogens is 2. The summed E-state index contributed by atoms with van der Waals surface area (Å²) in [6.45, 7) is 5.48. The number of carbonyl (C=O) groups excluding carboxylic acids is 1. The first-order chi connectivity index (χ1) is 10.4. The van der Waals surface area contributed by atoms with E-state index in [1.54, 1.807) is 6.92 Å². The number of hydrogen-bond acceptors (Lipinski definition) is 2. The lowest BCUT2D eigenvalue weighted by Crippen LogP contribution is -2.30. The van der Waals surface area contributed by atoms with Crippen LogP contribution in [0, 0.1) is 19.7 Å². The van der Waals surface area contributed by atoms with E-state index in [0.717, 1.165) is 22.9 Å². The van der Waals surface area contributed by atoms with Gasteiger partial charge < -0.3 is 10.1 Å². The Kier molecular flexibility index (Phi) is 5.03. The van der Waals surface area contributed by atoms with Crippen molar-refractivity contribution in [2.75, 3.05) is 5.32 Å². The molecule has 116 valence electrons. The Labute approximate surface area is 134 Å². The van der Waals surface area contributed by atoms with Crippen molar-refractivity contribution in [3.8, 4) is 5.75 Å². The first kappa shape index (κ1) is 16.3. The standard InChI is InChI=1S/C17H17ClFNO2/c1-10-4-5-11(2)15(8-10)20-17(21)12(3)22-16-7-6-13(19)9-14(16)18/h4-9,12H,1-3H3,(H,20,21)/t12-/m0/s1. The molecule has 2 rings (SSSR count). The molecule has 0 radical (unpaired) electrons. The molecule has 0 saturated carbocycles. The molecule has 0 spiro atoms. The maximum Gasteiger partial charge on any atom is 0.265 e. The highest BCUT2D eigenvalue weighted by Crippen LogP contribution is 2.26. The zero-order chi connectivity index (χ0) is 16.3. The second-order valence-electron chi connectivity index (χ2n) is 5.14. The molecule has 1 atom stereocenters. The molecular formula is C17H17ClFNO2. The van der Waals surface area contributed by atoms with Crippen molar-refractivity contribution in [3.05, 3.63) is 58.4 Å². The summed E-state index contributed by atoms with van der Waals surface area (Å²) in [7, 11) is 0. The minimum absolute atomic E-state index is 0.131. The summed E-state index contributed by atoms with van der Waals surface area (Å²) in [6, 6.07) is 9.59. The molecule has 1 N–H and O–H groups in total. The number of aryl methyl sites for hydroxylation is 2. The fraction of sp³-hybridized carbons (Fsp3) is 0.235. The van der Waals surface area contributed by atoms with Gasteiger partial charge in [-0.2, -0.15) is 0 Å². The summed E-state index contributed by atoms with van der Waals surface area (Å²) in [5, 5.41) is 2.95. The van der Waals surface area contributed by atoms with Crippen molar-refractivity contribution in [1.82, 2.24) is 0 Å². The molecule has 1 amide bonds. The van der Waals surface area contributed by atoms with E-state index in [1.165, 1.54) is 12.1 Å². The zero-order valence-corrected chi connectivity index (χ0v) is 13.4. The third kappa shape index (κ3) is 3.98. The Morgan fingerprint density at radius 1 is 1.23 bits per heavy atom. The van der Waals surface area contributed by atoms with Gasteiger partial charge in [-0.15, -0.1) is 0 Å². The van der Waals surface area contributed by atoms with Crippen molar-refractivity contribution in [1.29, 1.82) is 0 Å². The lowest BCUT2D eigenvalue weighted by atomic mass is 10.1. The number of ether oxygens (including phenoxy) is 1. The molecule has 22 heavy (non-hydrogen) atoms. The van der Waals surface area contributed by atoms with Crippen LogP contribution in [0.2, 0.25) is 5.02 Å². The molecule has 0 aliphatic rings. The molecule has 5 heteroatoms. The Morgan fingerprint density at radius 2 is 1.95 bits per heavy atom. The van der Waals surface area contributed by atoms with E-state index in [9.17, 15) is 9.18 Å². The van der Waals surface area contributed by atoms with Gasteiger partial charge in [0.2, 0.25) is 0 Å². The van der Waals surface area contributed by atoms with E-state index in [2.05, 4.69) is 5.32 Å². The van der Waals surface area contributed by atoms with Gasteiger partial charge in [-0.25, -0.2) is 4.39 Å². The van der Waals surface area contributed by atoms with E-state index >= 15 is 0 Å². The molecular weight excluding hydrogens is 305 g/mol. The van der Waals surface area contributed by atoms with Gasteiger partial charge >= 0.3 is 0 Å². The molecule has 0 fully saturated rings. The number of hydrogen-bond donors (Lipinski definition) is 1. The number of carbonyl (C=O) groups is 1. The van der Waals surface area contributed by atoms with Crippen LogP contribution >= 0.6 is 11.6 Å². The van der Waals surface area contributed by atoms with E-state index in [-0.39, 0.29) is 16.7 Å². The zero-order valence-electron chi connectivity index (χ0n) is 12.6. The van der Waals surface area contributed by atoms with Gasteiger partial charge in [0.25, 0.3) is 5.91 Å². The summed E-state index contributed by atoms with van der Waals surface area (Å²) in [5.41, 5.74) is 2.76. The third-order valence-electron chi connectivity index (χ3n) is 3.22. The molecule has 0 saturated heterocycles. The maximum atomic E-state index is 13.0. The first-order valence-electron chi connectivity index (χ1n) is 6.86. The fourth-order valence-electron chi connectivity index (χ4n) is 1.92. The molecule has 0 aliphatic carbocycles. The van der Waals surface area contributed by atoms with E-state index < -0.39 is 11.9 Å². The van der Waals surface area contributed by atoms with Gasteiger partial charge in [-0.3, -0.25) is 4.79 Å². The van der Waals surface area contributed by atoms with Crippen molar-refractivity contribution < 1.29 is 13.9 Å². The molecule has 2 aromatic carbocycles. The van der Waals surface area contributed by atoms with Crippen LogP contribution in [0.25, 0.3) is 0 Å². The highest BCUT2D eigenvalue weighted by Gasteiger charge is 2.17. The Bertz CT molecular complexity index is 703. The predicted octanol–water partition coefficient (Wildman–Crippen LogP) is 4.50. The van der Waals surface area contributed by atoms with Crippen LogP contribution in [0.1, 0.15) is 18.1 Å². The minimum atomic E-state index is -0.761. The van der Waals surface area contributed by atoms with Gasteiger partial charge in [0.1, 0.15) is 11.6 Å². The summed E-state index contributed by atoms with van der Waals surface area (Å²) in [5.74, 6) is -0.481. The number of amides is 1. The number of anilines is 1. The Balaban J connectivity index is 2.07. The average Bonchev–Trinajstić information content (AvgIpc) is 2.45. The van der Waals surface area contributed by atoms with Crippen molar-refractivity contribution >= 4 is 23.2 Å². The minimum Gasteiger partial charge on any atom is -0.479 e. The lowest BCUT2D eigenvalue weighted by molar-refractivity contribution is -0.122. The normalized spacial score (nSPS) is 11.9. The van der Waals surface area contributed by atoms with Gasteiger partial charge in [-0.1, -0.05) is 23.7 Å². The largest absolute Gasteiger partial charge is 0.479 e. The topological polar surface area (TPSA) is 38.3 Å². The highest BCUT2D eigenvalue weighted by atomic mass is 35.5. The van der Waals surface area contributed by atoms with Gasteiger partial charge in [0.15, 0.2) is 6.10 Å². The summed E-state index contributed by atoms with van der Waals surface area (Å²) in [6.07, 6.45) is -0.761. The number of benzene rings is 2. The van der Waals surface area contributed by atoms with E-state index in [0.29, 0.717) is 0 Å². The molecule has 0 aromatic heterocycles. The molecule has 0 unspecified atom stereocenters. The van der Waals surface area contributed by atoms with Crippen LogP contribution in [0.3, 0.4) is 0 Å². The quantitative estimate of drug-likeness (QED) is 0.900. The molecule has 0 bridgehead atoms. The van der Waals surface area contributed by atoms with Crippen LogP contribution in [0.5, 0.6) is 5.75 Å². The monoisotopic (exact) mass is 321 g/mol. The summed E-state index contributed by atoms with van der Waals surface area (Å²) < 4.78 is 18.5. The fourth-order valence-corrected chi connectivity index (χ4v) is 2.13. The molecule has 3 nitrogen and oxygen atoms in total. The van der Waals surface area contributed by atoms with Crippen molar-refractivity contribution in [3.63, 3.8) is 0 Å². The Hall–Kier alpha value is -2.07. The number of nitrogens with one attached hydrogen (secondary N) is 1.